The van der Waals surface area contributed by atoms with Crippen LogP contribution in [0.3, 0.4) is 0 Å². The zero-order valence-electron chi connectivity index (χ0n) is 18.3. The van der Waals surface area contributed by atoms with E-state index in [1.165, 1.54) is 9.90 Å². The molecule has 1 atom stereocenters. The Kier molecular flexibility index (Phi) is 6.65. The van der Waals surface area contributed by atoms with Gasteiger partial charge in [-0.3, -0.25) is 0 Å². The lowest BCUT2D eigenvalue weighted by Gasteiger charge is -2.16. The summed E-state index contributed by atoms with van der Waals surface area (Å²) in [5.74, 6) is -0.0160. The van der Waals surface area contributed by atoms with Crippen LogP contribution in [0.5, 0.6) is 0 Å². The van der Waals surface area contributed by atoms with Crippen LogP contribution < -0.4 is 5.32 Å². The number of amides is 2. The molecule has 0 radical (unpaired) electrons. The van der Waals surface area contributed by atoms with Crippen LogP contribution in [-0.2, 0) is 0 Å². The largest absolute Gasteiger partial charge is 0.342 e. The number of carbonyl (C=O) groups is 1. The molecule has 4 nitrogen and oxygen atoms in total. The van der Waals surface area contributed by atoms with E-state index < -0.39 is 0 Å². The van der Waals surface area contributed by atoms with E-state index in [0.717, 1.165) is 27.4 Å². The monoisotopic (exact) mass is 483 g/mol. The Morgan fingerprint density at radius 2 is 1.44 bits per heavy atom. The number of hydrogen-bond acceptors (Lipinski definition) is 3. The number of anilines is 1. The van der Waals surface area contributed by atoms with Gasteiger partial charge in [0.05, 0.1) is 12.3 Å². The van der Waals surface area contributed by atoms with Gasteiger partial charge in [0.1, 0.15) is 0 Å². The van der Waals surface area contributed by atoms with E-state index in [1.54, 1.807) is 11.8 Å². The van der Waals surface area contributed by atoms with Crippen molar-refractivity contribution in [3.63, 3.8) is 0 Å². The van der Waals surface area contributed by atoms with Gasteiger partial charge in [-0.15, -0.1) is 0 Å². The Labute approximate surface area is 208 Å². The van der Waals surface area contributed by atoms with Gasteiger partial charge in [0, 0.05) is 26.4 Å². The molecule has 34 heavy (non-hydrogen) atoms. The van der Waals surface area contributed by atoms with Crippen molar-refractivity contribution in [2.75, 3.05) is 11.9 Å². The van der Waals surface area contributed by atoms with E-state index in [0.29, 0.717) is 11.6 Å². The zero-order chi connectivity index (χ0) is 23.3. The standard InChI is InChI=1S/C28H22ClN3OS/c29-22-13-11-21(12-14-22)27-26(20-7-3-1-4-8-20)19-32(31-27)28(33)30-23-15-17-25(18-16-23)34-24-9-5-2-6-10-24/h1-18,26H,19H2,(H,30,33). The molecule has 2 amide bonds. The van der Waals surface area contributed by atoms with Crippen molar-refractivity contribution in [2.24, 2.45) is 5.10 Å². The second-order valence-electron chi connectivity index (χ2n) is 7.91. The van der Waals surface area contributed by atoms with Crippen LogP contribution in [0.2, 0.25) is 5.02 Å². The smallest absolute Gasteiger partial charge is 0.306 e. The highest BCUT2D eigenvalue weighted by Gasteiger charge is 2.32. The molecule has 4 aromatic carbocycles. The number of hydrazone groups is 1. The van der Waals surface area contributed by atoms with Gasteiger partial charge < -0.3 is 5.32 Å². The average Bonchev–Trinajstić information content (AvgIpc) is 3.33. The van der Waals surface area contributed by atoms with Gasteiger partial charge in [0.2, 0.25) is 0 Å². The van der Waals surface area contributed by atoms with Gasteiger partial charge in [-0.05, 0) is 59.7 Å². The van der Waals surface area contributed by atoms with Crippen molar-refractivity contribution in [1.29, 1.82) is 0 Å². The van der Waals surface area contributed by atoms with E-state index in [1.807, 2.05) is 84.9 Å². The van der Waals surface area contributed by atoms with Gasteiger partial charge in [0.25, 0.3) is 0 Å². The molecule has 0 saturated carbocycles. The minimum absolute atomic E-state index is 0.0160. The molecule has 0 aromatic heterocycles. The molecule has 0 bridgehead atoms. The first kappa shape index (κ1) is 22.3. The van der Waals surface area contributed by atoms with Crippen LogP contribution >= 0.6 is 23.4 Å². The van der Waals surface area contributed by atoms with Gasteiger partial charge in [0.15, 0.2) is 0 Å². The highest BCUT2D eigenvalue weighted by molar-refractivity contribution is 7.99. The summed E-state index contributed by atoms with van der Waals surface area (Å²) in [6.45, 7) is 0.468. The minimum Gasteiger partial charge on any atom is -0.306 e. The predicted molar refractivity (Wildman–Crippen MR) is 140 cm³/mol. The van der Waals surface area contributed by atoms with Crippen LogP contribution in [0.15, 0.2) is 124 Å². The molecule has 1 unspecified atom stereocenters. The fourth-order valence-electron chi connectivity index (χ4n) is 3.88. The third kappa shape index (κ3) is 5.16. The fraction of sp³-hybridized carbons (Fsp3) is 0.0714. The first-order valence-corrected chi connectivity index (χ1v) is 12.2. The molecule has 1 heterocycles. The molecule has 6 heteroatoms. The van der Waals surface area contributed by atoms with Gasteiger partial charge in [-0.1, -0.05) is 84.0 Å². The van der Waals surface area contributed by atoms with E-state index in [-0.39, 0.29) is 11.9 Å². The number of nitrogens with one attached hydrogen (secondary N) is 1. The summed E-state index contributed by atoms with van der Waals surface area (Å²) in [5, 5.41) is 9.86. The number of benzene rings is 4. The van der Waals surface area contributed by atoms with E-state index in [9.17, 15) is 4.79 Å². The first-order valence-electron chi connectivity index (χ1n) is 11.0. The topological polar surface area (TPSA) is 44.7 Å². The maximum atomic E-state index is 13.1. The lowest BCUT2D eigenvalue weighted by atomic mass is 9.91. The third-order valence-electron chi connectivity index (χ3n) is 5.57. The fourth-order valence-corrected chi connectivity index (χ4v) is 4.84. The summed E-state index contributed by atoms with van der Waals surface area (Å²) in [7, 11) is 0. The van der Waals surface area contributed by atoms with Crippen LogP contribution in [0, 0.1) is 0 Å². The molecule has 168 valence electrons. The minimum atomic E-state index is -0.256. The molecule has 1 aliphatic heterocycles. The Bertz CT molecular complexity index is 1290. The van der Waals surface area contributed by atoms with Gasteiger partial charge in [-0.2, -0.15) is 5.10 Å². The summed E-state index contributed by atoms with van der Waals surface area (Å²) < 4.78 is 0. The van der Waals surface area contributed by atoms with E-state index in [4.69, 9.17) is 16.7 Å². The molecular formula is C28H22ClN3OS. The second kappa shape index (κ2) is 10.2. The number of halogens is 1. The second-order valence-corrected chi connectivity index (χ2v) is 9.49. The lowest BCUT2D eigenvalue weighted by molar-refractivity contribution is 0.218. The van der Waals surface area contributed by atoms with Gasteiger partial charge >= 0.3 is 6.03 Å². The predicted octanol–water partition coefficient (Wildman–Crippen LogP) is 7.53. The Balaban J connectivity index is 1.32. The molecule has 5 rings (SSSR count). The lowest BCUT2D eigenvalue weighted by Crippen LogP contribution is -2.30. The molecule has 4 aromatic rings. The molecule has 0 fully saturated rings. The van der Waals surface area contributed by atoms with E-state index >= 15 is 0 Å². The molecular weight excluding hydrogens is 462 g/mol. The summed E-state index contributed by atoms with van der Waals surface area (Å²) >= 11 is 7.76. The van der Waals surface area contributed by atoms with Gasteiger partial charge in [-0.25, -0.2) is 9.80 Å². The van der Waals surface area contributed by atoms with Crippen molar-refractivity contribution in [1.82, 2.24) is 5.01 Å². The van der Waals surface area contributed by atoms with Crippen molar-refractivity contribution in [3.05, 3.63) is 125 Å². The number of carbonyl (C=O) groups excluding carboxylic acids is 1. The summed E-state index contributed by atoms with van der Waals surface area (Å²) in [5.41, 5.74) is 3.66. The van der Waals surface area contributed by atoms with Crippen LogP contribution in [0.4, 0.5) is 10.5 Å². The highest BCUT2D eigenvalue weighted by atomic mass is 35.5. The van der Waals surface area contributed by atoms with Crippen molar-refractivity contribution in [2.45, 2.75) is 15.7 Å². The first-order chi connectivity index (χ1) is 16.7. The zero-order valence-corrected chi connectivity index (χ0v) is 19.8. The van der Waals surface area contributed by atoms with E-state index in [2.05, 4.69) is 29.6 Å². The Morgan fingerprint density at radius 1 is 0.824 bits per heavy atom. The summed E-state index contributed by atoms with van der Waals surface area (Å²) in [4.78, 5) is 15.4. The van der Waals surface area contributed by atoms with Crippen molar-refractivity contribution >= 4 is 40.8 Å². The summed E-state index contributed by atoms with van der Waals surface area (Å²) in [6, 6.07) is 35.5. The molecule has 1 aliphatic rings. The Morgan fingerprint density at radius 3 is 2.12 bits per heavy atom. The SMILES string of the molecule is O=C(Nc1ccc(Sc2ccccc2)cc1)N1CC(c2ccccc2)C(c2ccc(Cl)cc2)=N1. The van der Waals surface area contributed by atoms with Crippen LogP contribution in [0.1, 0.15) is 17.0 Å². The molecule has 0 spiro atoms. The molecule has 1 N–H and O–H groups in total. The summed E-state index contributed by atoms with van der Waals surface area (Å²) in [6.07, 6.45) is 0. The van der Waals surface area contributed by atoms with Crippen LogP contribution in [-0.4, -0.2) is 23.3 Å². The van der Waals surface area contributed by atoms with Crippen molar-refractivity contribution in [3.8, 4) is 0 Å². The number of rotatable bonds is 5. The highest BCUT2D eigenvalue weighted by Crippen LogP contribution is 2.31. The maximum Gasteiger partial charge on any atom is 0.342 e. The van der Waals surface area contributed by atoms with Crippen molar-refractivity contribution < 1.29 is 4.79 Å². The Hall–Kier alpha value is -3.54. The number of hydrogen-bond donors (Lipinski definition) is 1. The average molecular weight is 484 g/mol. The molecule has 0 aliphatic carbocycles. The maximum absolute atomic E-state index is 13.1. The number of urea groups is 1. The normalized spacial score (nSPS) is 15.1. The van der Waals surface area contributed by atoms with Crippen LogP contribution in [0.25, 0.3) is 0 Å². The third-order valence-corrected chi connectivity index (χ3v) is 6.84. The quantitative estimate of drug-likeness (QED) is 0.319. The molecule has 0 saturated heterocycles. The number of nitrogens with zero attached hydrogens (tertiary/aromatic N) is 2.